The Hall–Kier alpha value is -1.55. The van der Waals surface area contributed by atoms with Crippen LogP contribution in [0.4, 0.5) is 0 Å². The molecule has 1 unspecified atom stereocenters. The highest BCUT2D eigenvalue weighted by molar-refractivity contribution is 5.72. The van der Waals surface area contributed by atoms with Crippen LogP contribution < -0.4 is 4.74 Å². The molecule has 0 heterocycles. The Morgan fingerprint density at radius 3 is 2.68 bits per heavy atom. The number of nitrogens with zero attached hydrogens (tertiary/aromatic N) is 1. The van der Waals surface area contributed by atoms with Gasteiger partial charge < -0.3 is 9.84 Å². The molecule has 0 fully saturated rings. The minimum Gasteiger partial charge on any atom is -0.496 e. The van der Waals surface area contributed by atoms with Crippen LogP contribution in [0.3, 0.4) is 0 Å². The van der Waals surface area contributed by atoms with E-state index < -0.39 is 12.0 Å². The highest BCUT2D eigenvalue weighted by atomic mass is 16.5. The SMILES string of the molecule is CCc1cc(CCN(C)C(C)C(=O)O)ccc1OC. The third-order valence-corrected chi connectivity index (χ3v) is 3.50. The number of aliphatic carboxylic acids is 1. The Morgan fingerprint density at radius 1 is 1.47 bits per heavy atom. The molecule has 4 heteroatoms. The molecule has 0 aromatic heterocycles. The van der Waals surface area contributed by atoms with Crippen LogP contribution in [0.25, 0.3) is 0 Å². The molecule has 19 heavy (non-hydrogen) atoms. The molecule has 0 aliphatic heterocycles. The number of rotatable bonds is 7. The normalized spacial score (nSPS) is 12.5. The number of likely N-dealkylation sites (N-methyl/N-ethyl adjacent to an activating group) is 1. The second-order valence-electron chi connectivity index (χ2n) is 4.74. The van der Waals surface area contributed by atoms with Gasteiger partial charge in [0, 0.05) is 6.54 Å². The molecule has 1 aromatic carbocycles. The topological polar surface area (TPSA) is 49.8 Å². The number of ether oxygens (including phenoxy) is 1. The van der Waals surface area contributed by atoms with Gasteiger partial charge >= 0.3 is 5.97 Å². The van der Waals surface area contributed by atoms with Gasteiger partial charge in [-0.3, -0.25) is 9.69 Å². The Bertz CT molecular complexity index is 431. The van der Waals surface area contributed by atoms with E-state index in [-0.39, 0.29) is 0 Å². The van der Waals surface area contributed by atoms with Crippen LogP contribution in [0.2, 0.25) is 0 Å². The van der Waals surface area contributed by atoms with Gasteiger partial charge in [-0.25, -0.2) is 0 Å². The fourth-order valence-corrected chi connectivity index (χ4v) is 1.95. The van der Waals surface area contributed by atoms with Crippen molar-refractivity contribution in [1.29, 1.82) is 0 Å². The van der Waals surface area contributed by atoms with Gasteiger partial charge in [-0.05, 0) is 44.0 Å². The predicted molar refractivity (Wildman–Crippen MR) is 75.8 cm³/mol. The molecular weight excluding hydrogens is 242 g/mol. The Kier molecular flexibility index (Phi) is 5.83. The minimum absolute atomic E-state index is 0.455. The fraction of sp³-hybridized carbons (Fsp3) is 0.533. The maximum Gasteiger partial charge on any atom is 0.320 e. The third-order valence-electron chi connectivity index (χ3n) is 3.50. The zero-order chi connectivity index (χ0) is 14.4. The smallest absolute Gasteiger partial charge is 0.320 e. The van der Waals surface area contributed by atoms with Crippen LogP contribution >= 0.6 is 0 Å². The maximum absolute atomic E-state index is 10.9. The number of carboxylic acids is 1. The molecule has 1 aromatic rings. The molecule has 0 saturated carbocycles. The van der Waals surface area contributed by atoms with Crippen LogP contribution in [-0.4, -0.2) is 42.7 Å². The highest BCUT2D eigenvalue weighted by Crippen LogP contribution is 2.20. The summed E-state index contributed by atoms with van der Waals surface area (Å²) in [5, 5.41) is 8.94. The predicted octanol–water partition coefficient (Wildman–Crippen LogP) is 2.21. The number of methoxy groups -OCH3 is 1. The summed E-state index contributed by atoms with van der Waals surface area (Å²) in [7, 11) is 3.51. The van der Waals surface area contributed by atoms with Crippen molar-refractivity contribution in [2.75, 3.05) is 20.7 Å². The van der Waals surface area contributed by atoms with E-state index in [9.17, 15) is 4.79 Å². The van der Waals surface area contributed by atoms with Crippen LogP contribution in [0.1, 0.15) is 25.0 Å². The van der Waals surface area contributed by atoms with Gasteiger partial charge in [0.05, 0.1) is 7.11 Å². The third kappa shape index (κ3) is 4.24. The number of hydrogen-bond acceptors (Lipinski definition) is 3. The average Bonchev–Trinajstić information content (AvgIpc) is 2.43. The summed E-state index contributed by atoms with van der Waals surface area (Å²) < 4.78 is 5.30. The molecule has 0 saturated heterocycles. The maximum atomic E-state index is 10.9. The van der Waals surface area contributed by atoms with Gasteiger partial charge in [0.25, 0.3) is 0 Å². The van der Waals surface area contributed by atoms with Gasteiger partial charge in [-0.1, -0.05) is 19.1 Å². The van der Waals surface area contributed by atoms with E-state index >= 15 is 0 Å². The first-order valence-corrected chi connectivity index (χ1v) is 6.58. The molecule has 0 aliphatic carbocycles. The fourth-order valence-electron chi connectivity index (χ4n) is 1.95. The average molecular weight is 265 g/mol. The van der Waals surface area contributed by atoms with Gasteiger partial charge in [0.1, 0.15) is 11.8 Å². The summed E-state index contributed by atoms with van der Waals surface area (Å²) in [6, 6.07) is 5.70. The summed E-state index contributed by atoms with van der Waals surface area (Å²) in [4.78, 5) is 12.7. The molecular formula is C15H23NO3. The van der Waals surface area contributed by atoms with Crippen molar-refractivity contribution >= 4 is 5.97 Å². The van der Waals surface area contributed by atoms with Gasteiger partial charge in [-0.2, -0.15) is 0 Å². The highest BCUT2D eigenvalue weighted by Gasteiger charge is 2.16. The largest absolute Gasteiger partial charge is 0.496 e. The monoisotopic (exact) mass is 265 g/mol. The first kappa shape index (κ1) is 15.5. The summed E-state index contributed by atoms with van der Waals surface area (Å²) >= 11 is 0. The van der Waals surface area contributed by atoms with Gasteiger partial charge in [-0.15, -0.1) is 0 Å². The van der Waals surface area contributed by atoms with E-state index in [2.05, 4.69) is 13.0 Å². The second kappa shape index (κ2) is 7.14. The Labute approximate surface area is 115 Å². The van der Waals surface area contributed by atoms with E-state index in [1.54, 1.807) is 14.0 Å². The quantitative estimate of drug-likeness (QED) is 0.821. The van der Waals surface area contributed by atoms with E-state index in [4.69, 9.17) is 9.84 Å². The van der Waals surface area contributed by atoms with Crippen molar-refractivity contribution in [3.63, 3.8) is 0 Å². The lowest BCUT2D eigenvalue weighted by Gasteiger charge is -2.21. The zero-order valence-electron chi connectivity index (χ0n) is 12.1. The van der Waals surface area contributed by atoms with Crippen LogP contribution in [0, 0.1) is 0 Å². The number of carboxylic acid groups (broad SMARTS) is 1. The first-order chi connectivity index (χ1) is 8.99. The Balaban J connectivity index is 2.65. The molecule has 4 nitrogen and oxygen atoms in total. The Morgan fingerprint density at radius 2 is 2.16 bits per heavy atom. The van der Waals surface area contributed by atoms with Crippen LogP contribution in [-0.2, 0) is 17.6 Å². The van der Waals surface area contributed by atoms with Gasteiger partial charge in [0.15, 0.2) is 0 Å². The molecule has 0 aliphatic rings. The summed E-state index contributed by atoms with van der Waals surface area (Å²) in [6.07, 6.45) is 1.77. The number of aryl methyl sites for hydroxylation is 1. The summed E-state index contributed by atoms with van der Waals surface area (Å²) in [5.74, 6) is 0.130. The van der Waals surface area contributed by atoms with Crippen LogP contribution in [0.5, 0.6) is 5.75 Å². The van der Waals surface area contributed by atoms with Crippen molar-refractivity contribution in [2.24, 2.45) is 0 Å². The van der Waals surface area contributed by atoms with Crippen molar-refractivity contribution in [3.8, 4) is 5.75 Å². The molecule has 0 spiro atoms. The minimum atomic E-state index is -0.786. The molecule has 1 N–H and O–H groups in total. The number of hydrogen-bond donors (Lipinski definition) is 1. The van der Waals surface area contributed by atoms with Crippen molar-refractivity contribution < 1.29 is 14.6 Å². The number of benzene rings is 1. The second-order valence-corrected chi connectivity index (χ2v) is 4.74. The molecule has 106 valence electrons. The molecule has 1 rings (SSSR count). The first-order valence-electron chi connectivity index (χ1n) is 6.58. The lowest BCUT2D eigenvalue weighted by Crippen LogP contribution is -2.37. The molecule has 1 atom stereocenters. The van der Waals surface area contributed by atoms with Crippen molar-refractivity contribution in [3.05, 3.63) is 29.3 Å². The summed E-state index contributed by atoms with van der Waals surface area (Å²) in [6.45, 7) is 4.52. The molecule has 0 bridgehead atoms. The molecule has 0 amide bonds. The van der Waals surface area contributed by atoms with E-state index in [0.717, 1.165) is 25.1 Å². The lowest BCUT2D eigenvalue weighted by molar-refractivity contribution is -0.142. The summed E-state index contributed by atoms with van der Waals surface area (Å²) in [5.41, 5.74) is 2.40. The van der Waals surface area contributed by atoms with E-state index in [1.807, 2.05) is 24.1 Å². The van der Waals surface area contributed by atoms with Crippen molar-refractivity contribution in [2.45, 2.75) is 32.7 Å². The standard InChI is InChI=1S/C15H23NO3/c1-5-13-10-12(6-7-14(13)19-4)8-9-16(3)11(2)15(17)18/h6-7,10-11H,5,8-9H2,1-4H3,(H,17,18). The van der Waals surface area contributed by atoms with Crippen LogP contribution in [0.15, 0.2) is 18.2 Å². The van der Waals surface area contributed by atoms with Crippen molar-refractivity contribution in [1.82, 2.24) is 4.90 Å². The van der Waals surface area contributed by atoms with E-state index in [0.29, 0.717) is 0 Å². The molecule has 0 radical (unpaired) electrons. The van der Waals surface area contributed by atoms with Gasteiger partial charge in [0.2, 0.25) is 0 Å². The number of carbonyl (C=O) groups is 1. The zero-order valence-corrected chi connectivity index (χ0v) is 12.1. The van der Waals surface area contributed by atoms with E-state index in [1.165, 1.54) is 11.1 Å². The lowest BCUT2D eigenvalue weighted by atomic mass is 10.0.